The van der Waals surface area contributed by atoms with Crippen molar-refractivity contribution in [3.8, 4) is 11.4 Å². The van der Waals surface area contributed by atoms with Gasteiger partial charge in [0.25, 0.3) is 0 Å². The topological polar surface area (TPSA) is 40.6 Å². The smallest absolute Gasteiger partial charge is 0.139 e. The molecule has 0 aliphatic heterocycles. The Labute approximate surface area is 134 Å². The number of benzene rings is 1. The van der Waals surface area contributed by atoms with Gasteiger partial charge in [0.15, 0.2) is 0 Å². The fourth-order valence-electron chi connectivity index (χ4n) is 3.01. The molecule has 0 saturated heterocycles. The van der Waals surface area contributed by atoms with Crippen LogP contribution in [0.2, 0.25) is 0 Å². The highest BCUT2D eigenvalue weighted by atomic mass is 15.1. The van der Waals surface area contributed by atoms with Crippen molar-refractivity contribution in [3.05, 3.63) is 61.6 Å². The Kier molecular flexibility index (Phi) is 3.46. The fraction of sp³-hybridized carbons (Fsp3) is 0.222. The second-order valence-corrected chi connectivity index (χ2v) is 5.80. The molecule has 5 heteroatoms. The van der Waals surface area contributed by atoms with Crippen LogP contribution < -0.4 is 0 Å². The normalized spacial score (nSPS) is 11.3. The second kappa shape index (κ2) is 5.76. The lowest BCUT2D eigenvalue weighted by Crippen LogP contribution is -2.03. The molecule has 0 bridgehead atoms. The lowest BCUT2D eigenvalue weighted by Gasteiger charge is -2.09. The first-order valence-electron chi connectivity index (χ1n) is 7.83. The van der Waals surface area contributed by atoms with E-state index in [1.807, 2.05) is 24.9 Å². The predicted molar refractivity (Wildman–Crippen MR) is 91.0 cm³/mol. The van der Waals surface area contributed by atoms with Crippen molar-refractivity contribution in [2.24, 2.45) is 7.05 Å². The third-order valence-electron chi connectivity index (χ3n) is 4.23. The number of rotatable bonds is 5. The monoisotopic (exact) mass is 305 g/mol. The minimum Gasteiger partial charge on any atom is -0.351 e. The lowest BCUT2D eigenvalue weighted by atomic mass is 10.1. The van der Waals surface area contributed by atoms with Crippen molar-refractivity contribution >= 4 is 10.9 Å². The first kappa shape index (κ1) is 13.8. The molecule has 0 unspecified atom stereocenters. The number of nitrogens with zero attached hydrogens (tertiary/aromatic N) is 5. The molecule has 0 amide bonds. The van der Waals surface area contributed by atoms with E-state index >= 15 is 0 Å². The number of imidazole rings is 2. The summed E-state index contributed by atoms with van der Waals surface area (Å²) in [4.78, 5) is 8.63. The van der Waals surface area contributed by atoms with Gasteiger partial charge in [0, 0.05) is 67.6 Å². The summed E-state index contributed by atoms with van der Waals surface area (Å²) < 4.78 is 6.46. The highest BCUT2D eigenvalue weighted by Gasteiger charge is 2.08. The Morgan fingerprint density at radius 2 is 1.96 bits per heavy atom. The Bertz CT molecular complexity index is 914. The quantitative estimate of drug-likeness (QED) is 0.567. The molecule has 5 nitrogen and oxygen atoms in total. The van der Waals surface area contributed by atoms with Crippen LogP contribution in [0.1, 0.15) is 6.42 Å². The molecule has 3 aromatic heterocycles. The van der Waals surface area contributed by atoms with Crippen LogP contribution in [-0.4, -0.2) is 23.7 Å². The van der Waals surface area contributed by atoms with Crippen LogP contribution in [0.15, 0.2) is 61.6 Å². The molecular weight excluding hydrogens is 286 g/mol. The van der Waals surface area contributed by atoms with E-state index in [1.165, 1.54) is 10.9 Å². The van der Waals surface area contributed by atoms with Gasteiger partial charge in [0.1, 0.15) is 5.82 Å². The zero-order chi connectivity index (χ0) is 15.6. The predicted octanol–water partition coefficient (Wildman–Crippen LogP) is 3.33. The highest BCUT2D eigenvalue weighted by Crippen LogP contribution is 2.24. The van der Waals surface area contributed by atoms with Crippen molar-refractivity contribution in [1.82, 2.24) is 23.7 Å². The number of aryl methyl sites for hydroxylation is 3. The zero-order valence-electron chi connectivity index (χ0n) is 13.1. The van der Waals surface area contributed by atoms with Gasteiger partial charge in [0.2, 0.25) is 0 Å². The summed E-state index contributed by atoms with van der Waals surface area (Å²) in [5.74, 6) is 1.03. The summed E-state index contributed by atoms with van der Waals surface area (Å²) in [5, 5.41) is 1.25. The van der Waals surface area contributed by atoms with Crippen molar-refractivity contribution in [3.63, 3.8) is 0 Å². The van der Waals surface area contributed by atoms with Crippen molar-refractivity contribution in [1.29, 1.82) is 0 Å². The number of hydrogen-bond donors (Lipinski definition) is 0. The van der Waals surface area contributed by atoms with Gasteiger partial charge in [-0.25, -0.2) is 9.97 Å². The van der Waals surface area contributed by atoms with Gasteiger partial charge in [-0.15, -0.1) is 0 Å². The molecule has 0 aliphatic carbocycles. The van der Waals surface area contributed by atoms with E-state index in [4.69, 9.17) is 0 Å². The van der Waals surface area contributed by atoms with Crippen LogP contribution in [0.3, 0.4) is 0 Å². The second-order valence-electron chi connectivity index (χ2n) is 5.80. The van der Waals surface area contributed by atoms with Gasteiger partial charge in [0.05, 0.1) is 6.33 Å². The number of hydrogen-bond acceptors (Lipinski definition) is 2. The van der Waals surface area contributed by atoms with Crippen LogP contribution in [0, 0.1) is 0 Å². The van der Waals surface area contributed by atoms with Gasteiger partial charge >= 0.3 is 0 Å². The third-order valence-corrected chi connectivity index (χ3v) is 4.23. The molecule has 23 heavy (non-hydrogen) atoms. The SMILES string of the molecule is Cn1ccc2cc(-c3nccn3CCCn3ccnc3)ccc21. The molecule has 0 spiro atoms. The molecule has 0 radical (unpaired) electrons. The van der Waals surface area contributed by atoms with Crippen molar-refractivity contribution < 1.29 is 0 Å². The first-order chi connectivity index (χ1) is 11.3. The molecule has 0 N–H and O–H groups in total. The van der Waals surface area contributed by atoms with E-state index in [2.05, 4.69) is 67.4 Å². The van der Waals surface area contributed by atoms with E-state index < -0.39 is 0 Å². The van der Waals surface area contributed by atoms with Crippen LogP contribution in [0.25, 0.3) is 22.3 Å². The highest BCUT2D eigenvalue weighted by molar-refractivity contribution is 5.84. The fourth-order valence-corrected chi connectivity index (χ4v) is 3.01. The summed E-state index contributed by atoms with van der Waals surface area (Å²) in [6.45, 7) is 1.91. The summed E-state index contributed by atoms with van der Waals surface area (Å²) in [7, 11) is 2.07. The maximum absolute atomic E-state index is 4.55. The zero-order valence-corrected chi connectivity index (χ0v) is 13.1. The van der Waals surface area contributed by atoms with Gasteiger partial charge in [-0.05, 0) is 30.7 Å². The van der Waals surface area contributed by atoms with E-state index in [0.29, 0.717) is 0 Å². The average Bonchev–Trinajstić information content (AvgIpc) is 3.29. The van der Waals surface area contributed by atoms with Gasteiger partial charge in [-0.2, -0.15) is 0 Å². The number of aromatic nitrogens is 5. The maximum Gasteiger partial charge on any atom is 0.139 e. The van der Waals surface area contributed by atoms with Crippen molar-refractivity contribution in [2.75, 3.05) is 0 Å². The van der Waals surface area contributed by atoms with E-state index in [1.54, 1.807) is 0 Å². The largest absolute Gasteiger partial charge is 0.351 e. The van der Waals surface area contributed by atoms with Crippen molar-refractivity contribution in [2.45, 2.75) is 19.5 Å². The average molecular weight is 305 g/mol. The van der Waals surface area contributed by atoms with Gasteiger partial charge < -0.3 is 13.7 Å². The summed E-state index contributed by atoms with van der Waals surface area (Å²) >= 11 is 0. The summed E-state index contributed by atoms with van der Waals surface area (Å²) in [5.41, 5.74) is 2.41. The van der Waals surface area contributed by atoms with Crippen LogP contribution >= 0.6 is 0 Å². The summed E-state index contributed by atoms with van der Waals surface area (Å²) in [6, 6.07) is 8.67. The van der Waals surface area contributed by atoms with Crippen LogP contribution in [-0.2, 0) is 20.1 Å². The summed E-state index contributed by atoms with van der Waals surface area (Å²) in [6.07, 6.45) is 12.7. The minimum atomic E-state index is 0.945. The van der Waals surface area contributed by atoms with E-state index in [9.17, 15) is 0 Å². The Balaban J connectivity index is 1.55. The molecule has 116 valence electrons. The molecule has 0 aliphatic rings. The van der Waals surface area contributed by atoms with E-state index in [-0.39, 0.29) is 0 Å². The molecule has 0 saturated carbocycles. The molecule has 1 aromatic carbocycles. The molecule has 4 rings (SSSR count). The Morgan fingerprint density at radius 3 is 2.83 bits per heavy atom. The molecule has 0 fully saturated rings. The van der Waals surface area contributed by atoms with E-state index in [0.717, 1.165) is 30.9 Å². The molecular formula is C18H19N5. The Hall–Kier alpha value is -2.82. The Morgan fingerprint density at radius 1 is 1.00 bits per heavy atom. The standard InChI is InChI=1S/C18H19N5/c1-21-10-5-15-13-16(3-4-17(15)21)18-20-7-12-23(18)9-2-8-22-11-6-19-14-22/h3-7,10-14H,2,8-9H2,1H3. The maximum atomic E-state index is 4.55. The van der Waals surface area contributed by atoms with Crippen LogP contribution in [0.4, 0.5) is 0 Å². The molecule has 3 heterocycles. The van der Waals surface area contributed by atoms with Gasteiger partial charge in [-0.3, -0.25) is 0 Å². The molecule has 0 atom stereocenters. The number of fused-ring (bicyclic) bond motifs is 1. The third kappa shape index (κ3) is 2.65. The lowest BCUT2D eigenvalue weighted by molar-refractivity contribution is 0.566. The van der Waals surface area contributed by atoms with Crippen LogP contribution in [0.5, 0.6) is 0 Å². The van der Waals surface area contributed by atoms with Gasteiger partial charge in [-0.1, -0.05) is 0 Å². The minimum absolute atomic E-state index is 0.945. The first-order valence-corrected chi connectivity index (χ1v) is 7.83. The molecule has 4 aromatic rings.